The van der Waals surface area contributed by atoms with Gasteiger partial charge in [0.25, 0.3) is 0 Å². The van der Waals surface area contributed by atoms with Crippen molar-refractivity contribution in [2.45, 2.75) is 0 Å². The zero-order valence-corrected chi connectivity index (χ0v) is 11.3. The lowest BCUT2D eigenvalue weighted by atomic mass is 10.1. The number of aromatic nitrogens is 1. The van der Waals surface area contributed by atoms with E-state index in [1.807, 2.05) is 36.5 Å². The third kappa shape index (κ3) is 2.46. The number of carboxylic acid groups (broad SMARTS) is 1. The Hall–Kier alpha value is -2.46. The van der Waals surface area contributed by atoms with Crippen LogP contribution in [0.3, 0.4) is 0 Å². The predicted octanol–water partition coefficient (Wildman–Crippen LogP) is 4.18. The van der Waals surface area contributed by atoms with Gasteiger partial charge >= 0.3 is 5.97 Å². The van der Waals surface area contributed by atoms with Crippen LogP contribution in [-0.4, -0.2) is 16.1 Å². The minimum absolute atomic E-state index is 0.286. The monoisotopic (exact) mass is 281 g/mol. The highest BCUT2D eigenvalue weighted by atomic mass is 32.1. The van der Waals surface area contributed by atoms with E-state index in [0.29, 0.717) is 0 Å². The molecule has 0 spiro atoms. The lowest BCUT2D eigenvalue weighted by Crippen LogP contribution is -1.94. The standard InChI is InChI=1S/C16H11NO2S/c18-16(19)13-8-6-12(7-9-13)15-17-10-14(20-15)11-4-2-1-3-5-11/h1-10H,(H,18,19). The molecular formula is C16H11NO2S. The minimum Gasteiger partial charge on any atom is -0.478 e. The molecule has 0 aliphatic heterocycles. The average molecular weight is 281 g/mol. The smallest absolute Gasteiger partial charge is 0.335 e. The first-order valence-corrected chi connectivity index (χ1v) is 6.91. The van der Waals surface area contributed by atoms with Crippen molar-refractivity contribution < 1.29 is 9.90 Å². The zero-order chi connectivity index (χ0) is 13.9. The number of carboxylic acids is 1. The third-order valence-electron chi connectivity index (χ3n) is 2.94. The summed E-state index contributed by atoms with van der Waals surface area (Å²) in [6, 6.07) is 16.8. The predicted molar refractivity (Wildman–Crippen MR) is 79.9 cm³/mol. The topological polar surface area (TPSA) is 50.2 Å². The van der Waals surface area contributed by atoms with Gasteiger partial charge in [0, 0.05) is 11.8 Å². The van der Waals surface area contributed by atoms with Crippen molar-refractivity contribution in [1.29, 1.82) is 0 Å². The summed E-state index contributed by atoms with van der Waals surface area (Å²) in [5.74, 6) is -0.916. The molecule has 2 aromatic carbocycles. The van der Waals surface area contributed by atoms with Crippen LogP contribution >= 0.6 is 11.3 Å². The Morgan fingerprint density at radius 1 is 0.950 bits per heavy atom. The molecule has 0 saturated carbocycles. The zero-order valence-electron chi connectivity index (χ0n) is 10.5. The van der Waals surface area contributed by atoms with Crippen molar-refractivity contribution in [3.63, 3.8) is 0 Å². The molecule has 0 aliphatic rings. The quantitative estimate of drug-likeness (QED) is 0.783. The molecule has 1 heterocycles. The van der Waals surface area contributed by atoms with Gasteiger partial charge in [-0.05, 0) is 17.7 Å². The molecule has 0 unspecified atom stereocenters. The summed E-state index contributed by atoms with van der Waals surface area (Å²) >= 11 is 1.59. The molecule has 0 amide bonds. The number of hydrogen-bond acceptors (Lipinski definition) is 3. The van der Waals surface area contributed by atoms with Gasteiger partial charge in [0.2, 0.25) is 0 Å². The number of benzene rings is 2. The molecule has 1 N–H and O–H groups in total. The van der Waals surface area contributed by atoms with Gasteiger partial charge in [-0.25, -0.2) is 9.78 Å². The fourth-order valence-electron chi connectivity index (χ4n) is 1.90. The molecule has 0 atom stereocenters. The Kier molecular flexibility index (Phi) is 3.31. The molecule has 0 aliphatic carbocycles. The molecule has 98 valence electrons. The number of hydrogen-bond donors (Lipinski definition) is 1. The molecule has 20 heavy (non-hydrogen) atoms. The minimum atomic E-state index is -0.916. The first-order chi connectivity index (χ1) is 9.74. The lowest BCUT2D eigenvalue weighted by Gasteiger charge is -1.97. The summed E-state index contributed by atoms with van der Waals surface area (Å²) < 4.78 is 0. The van der Waals surface area contributed by atoms with E-state index in [1.165, 1.54) is 0 Å². The fraction of sp³-hybridized carbons (Fsp3) is 0. The first kappa shape index (κ1) is 12.6. The third-order valence-corrected chi connectivity index (χ3v) is 4.04. The molecule has 3 aromatic rings. The van der Waals surface area contributed by atoms with E-state index < -0.39 is 5.97 Å². The second kappa shape index (κ2) is 5.27. The Labute approximate surface area is 120 Å². The number of rotatable bonds is 3. The van der Waals surface area contributed by atoms with Gasteiger partial charge in [-0.2, -0.15) is 0 Å². The van der Waals surface area contributed by atoms with E-state index in [9.17, 15) is 4.79 Å². The van der Waals surface area contributed by atoms with E-state index in [2.05, 4.69) is 4.98 Å². The maximum Gasteiger partial charge on any atom is 0.335 e. The molecule has 1 aromatic heterocycles. The summed E-state index contributed by atoms with van der Waals surface area (Å²) in [4.78, 5) is 16.3. The van der Waals surface area contributed by atoms with Crippen molar-refractivity contribution in [3.8, 4) is 21.0 Å². The van der Waals surface area contributed by atoms with Gasteiger partial charge in [-0.1, -0.05) is 42.5 Å². The number of nitrogens with zero attached hydrogens (tertiary/aromatic N) is 1. The molecule has 0 bridgehead atoms. The van der Waals surface area contributed by atoms with Crippen molar-refractivity contribution in [1.82, 2.24) is 4.98 Å². The van der Waals surface area contributed by atoms with Crippen LogP contribution in [0.25, 0.3) is 21.0 Å². The van der Waals surface area contributed by atoms with Gasteiger partial charge in [0.05, 0.1) is 10.4 Å². The maximum absolute atomic E-state index is 10.8. The summed E-state index contributed by atoms with van der Waals surface area (Å²) in [7, 11) is 0. The van der Waals surface area contributed by atoms with Gasteiger partial charge in [-0.15, -0.1) is 11.3 Å². The van der Waals surface area contributed by atoms with Crippen molar-refractivity contribution in [2.24, 2.45) is 0 Å². The summed E-state index contributed by atoms with van der Waals surface area (Å²) in [6.45, 7) is 0. The van der Waals surface area contributed by atoms with Gasteiger partial charge in [0.1, 0.15) is 5.01 Å². The van der Waals surface area contributed by atoms with E-state index >= 15 is 0 Å². The highest BCUT2D eigenvalue weighted by molar-refractivity contribution is 7.18. The molecule has 0 fully saturated rings. The summed E-state index contributed by atoms with van der Waals surface area (Å²) in [5.41, 5.74) is 2.36. The highest BCUT2D eigenvalue weighted by Crippen LogP contribution is 2.31. The average Bonchev–Trinajstić information content (AvgIpc) is 2.98. The van der Waals surface area contributed by atoms with Crippen LogP contribution in [0.15, 0.2) is 60.8 Å². The van der Waals surface area contributed by atoms with Crippen LogP contribution in [0, 0.1) is 0 Å². The van der Waals surface area contributed by atoms with Crippen LogP contribution in [0.2, 0.25) is 0 Å². The number of thiazole rings is 1. The molecular weight excluding hydrogens is 270 g/mol. The first-order valence-electron chi connectivity index (χ1n) is 6.09. The molecule has 0 saturated heterocycles. The second-order valence-corrected chi connectivity index (χ2v) is 5.31. The van der Waals surface area contributed by atoms with Crippen molar-refractivity contribution >= 4 is 17.3 Å². The lowest BCUT2D eigenvalue weighted by molar-refractivity contribution is 0.0697. The maximum atomic E-state index is 10.8. The second-order valence-electron chi connectivity index (χ2n) is 4.28. The number of carbonyl (C=O) groups is 1. The largest absolute Gasteiger partial charge is 0.478 e. The number of aromatic carboxylic acids is 1. The summed E-state index contributed by atoms with van der Waals surface area (Å²) in [6.07, 6.45) is 1.85. The van der Waals surface area contributed by atoms with Crippen molar-refractivity contribution in [2.75, 3.05) is 0 Å². The van der Waals surface area contributed by atoms with E-state index in [0.717, 1.165) is 21.0 Å². The normalized spacial score (nSPS) is 10.4. The van der Waals surface area contributed by atoms with E-state index in [4.69, 9.17) is 5.11 Å². The van der Waals surface area contributed by atoms with E-state index in [1.54, 1.807) is 35.6 Å². The Bertz CT molecular complexity index is 733. The Balaban J connectivity index is 1.92. The molecule has 4 heteroatoms. The van der Waals surface area contributed by atoms with E-state index in [-0.39, 0.29) is 5.56 Å². The Morgan fingerprint density at radius 3 is 2.30 bits per heavy atom. The molecule has 3 nitrogen and oxygen atoms in total. The highest BCUT2D eigenvalue weighted by Gasteiger charge is 2.08. The SMILES string of the molecule is O=C(O)c1ccc(-c2ncc(-c3ccccc3)s2)cc1. The van der Waals surface area contributed by atoms with Crippen LogP contribution < -0.4 is 0 Å². The van der Waals surface area contributed by atoms with Crippen molar-refractivity contribution in [3.05, 3.63) is 66.4 Å². The van der Waals surface area contributed by atoms with Crippen LogP contribution in [0.1, 0.15) is 10.4 Å². The van der Waals surface area contributed by atoms with Gasteiger partial charge < -0.3 is 5.11 Å². The summed E-state index contributed by atoms with van der Waals surface area (Å²) in [5, 5.41) is 9.78. The molecule has 0 radical (unpaired) electrons. The molecule has 3 rings (SSSR count). The van der Waals surface area contributed by atoms with Crippen LogP contribution in [-0.2, 0) is 0 Å². The fourth-order valence-corrected chi connectivity index (χ4v) is 2.83. The van der Waals surface area contributed by atoms with Gasteiger partial charge in [-0.3, -0.25) is 0 Å². The van der Waals surface area contributed by atoms with Gasteiger partial charge in [0.15, 0.2) is 0 Å². The van der Waals surface area contributed by atoms with Crippen LogP contribution in [0.5, 0.6) is 0 Å². The Morgan fingerprint density at radius 2 is 1.65 bits per heavy atom. The van der Waals surface area contributed by atoms with Crippen LogP contribution in [0.4, 0.5) is 0 Å².